The van der Waals surface area contributed by atoms with Gasteiger partial charge in [-0.3, -0.25) is 4.79 Å². The van der Waals surface area contributed by atoms with Crippen molar-refractivity contribution in [1.29, 1.82) is 0 Å². The molecule has 2 unspecified atom stereocenters. The summed E-state index contributed by atoms with van der Waals surface area (Å²) in [6.07, 6.45) is 8.52. The fraction of sp³-hybridized carbons (Fsp3) is 0.933. The van der Waals surface area contributed by atoms with E-state index in [1.165, 1.54) is 19.3 Å². The molecule has 1 N–H and O–H groups in total. The molecule has 2 atom stereocenters. The summed E-state index contributed by atoms with van der Waals surface area (Å²) in [5.74, 6) is 0.590. The molecule has 1 aliphatic rings. The molecule has 1 fully saturated rings. The quantitative estimate of drug-likeness (QED) is 0.585. The van der Waals surface area contributed by atoms with Crippen molar-refractivity contribution in [3.8, 4) is 0 Å². The molecule has 0 spiro atoms. The Hall–Kier alpha value is -0.570. The molecular weight excluding hydrogens is 228 g/mol. The Kier molecular flexibility index (Phi) is 6.69. The van der Waals surface area contributed by atoms with Crippen molar-refractivity contribution >= 4 is 5.97 Å². The second-order valence-corrected chi connectivity index (χ2v) is 5.61. The predicted molar refractivity (Wildman–Crippen MR) is 72.3 cm³/mol. The van der Waals surface area contributed by atoms with Crippen molar-refractivity contribution in [1.82, 2.24) is 0 Å². The number of carbonyl (C=O) groups is 1. The smallest absolute Gasteiger partial charge is 0.305 e. The molecule has 0 radical (unpaired) electrons. The van der Waals surface area contributed by atoms with E-state index < -0.39 is 5.60 Å². The Bertz CT molecular complexity index is 252. The number of hydrogen-bond acceptors (Lipinski definition) is 3. The molecule has 0 heterocycles. The van der Waals surface area contributed by atoms with Crippen molar-refractivity contribution in [2.75, 3.05) is 6.61 Å². The summed E-state index contributed by atoms with van der Waals surface area (Å²) < 4.78 is 4.92. The topological polar surface area (TPSA) is 46.5 Å². The fourth-order valence-electron chi connectivity index (χ4n) is 2.98. The fourth-order valence-corrected chi connectivity index (χ4v) is 2.98. The summed E-state index contributed by atoms with van der Waals surface area (Å²) in [5, 5.41) is 10.5. The van der Waals surface area contributed by atoms with Gasteiger partial charge >= 0.3 is 5.97 Å². The highest BCUT2D eigenvalue weighted by atomic mass is 16.5. The summed E-state index contributed by atoms with van der Waals surface area (Å²) in [4.78, 5) is 11.3. The molecule has 1 rings (SSSR count). The standard InChI is InChI=1S/C15H28O3/c1-3-6-13-7-5-10-15(17,11-8-13)12-9-14(16)18-4-2/h13,17H,3-12H2,1-2H3. The molecule has 3 nitrogen and oxygen atoms in total. The summed E-state index contributed by atoms with van der Waals surface area (Å²) in [5.41, 5.74) is -0.630. The number of rotatable bonds is 6. The van der Waals surface area contributed by atoms with E-state index in [0.29, 0.717) is 19.4 Å². The van der Waals surface area contributed by atoms with Crippen LogP contribution in [0.1, 0.15) is 71.6 Å². The number of aliphatic hydroxyl groups is 1. The molecule has 0 saturated heterocycles. The van der Waals surface area contributed by atoms with Gasteiger partial charge in [0.1, 0.15) is 0 Å². The van der Waals surface area contributed by atoms with Crippen molar-refractivity contribution in [2.24, 2.45) is 5.92 Å². The maximum atomic E-state index is 11.3. The first-order valence-corrected chi connectivity index (χ1v) is 7.47. The van der Waals surface area contributed by atoms with Crippen LogP contribution in [0.15, 0.2) is 0 Å². The van der Waals surface area contributed by atoms with Gasteiger partial charge in [-0.2, -0.15) is 0 Å². The molecule has 106 valence electrons. The van der Waals surface area contributed by atoms with E-state index in [1.807, 2.05) is 6.92 Å². The lowest BCUT2D eigenvalue weighted by Gasteiger charge is -2.26. The summed E-state index contributed by atoms with van der Waals surface area (Å²) >= 11 is 0. The Balaban J connectivity index is 2.36. The van der Waals surface area contributed by atoms with Gasteiger partial charge in [-0.05, 0) is 38.5 Å². The lowest BCUT2D eigenvalue weighted by atomic mass is 9.88. The van der Waals surface area contributed by atoms with Crippen LogP contribution in [0.3, 0.4) is 0 Å². The minimum Gasteiger partial charge on any atom is -0.466 e. The van der Waals surface area contributed by atoms with Gasteiger partial charge in [0.05, 0.1) is 12.2 Å². The van der Waals surface area contributed by atoms with Crippen LogP contribution in [0.5, 0.6) is 0 Å². The van der Waals surface area contributed by atoms with Gasteiger partial charge in [0.15, 0.2) is 0 Å². The average Bonchev–Trinajstić information content (AvgIpc) is 2.51. The lowest BCUT2D eigenvalue weighted by Crippen LogP contribution is -2.29. The Morgan fingerprint density at radius 1 is 1.33 bits per heavy atom. The van der Waals surface area contributed by atoms with Crippen LogP contribution in [0.2, 0.25) is 0 Å². The van der Waals surface area contributed by atoms with Gasteiger partial charge in [-0.1, -0.05) is 32.6 Å². The van der Waals surface area contributed by atoms with Gasteiger partial charge in [0.2, 0.25) is 0 Å². The van der Waals surface area contributed by atoms with Gasteiger partial charge in [0.25, 0.3) is 0 Å². The summed E-state index contributed by atoms with van der Waals surface area (Å²) in [6, 6.07) is 0. The number of carbonyl (C=O) groups excluding carboxylic acids is 1. The monoisotopic (exact) mass is 256 g/mol. The molecule has 0 bridgehead atoms. The Labute approximate surface area is 111 Å². The van der Waals surface area contributed by atoms with E-state index in [-0.39, 0.29) is 5.97 Å². The average molecular weight is 256 g/mol. The Morgan fingerprint density at radius 2 is 2.11 bits per heavy atom. The summed E-state index contributed by atoms with van der Waals surface area (Å²) in [7, 11) is 0. The van der Waals surface area contributed by atoms with Crippen LogP contribution < -0.4 is 0 Å². The number of esters is 1. The van der Waals surface area contributed by atoms with E-state index in [0.717, 1.165) is 31.6 Å². The molecule has 0 aromatic heterocycles. The molecule has 0 aliphatic heterocycles. The maximum absolute atomic E-state index is 11.3. The number of ether oxygens (including phenoxy) is 1. The van der Waals surface area contributed by atoms with Crippen LogP contribution in [0, 0.1) is 5.92 Å². The van der Waals surface area contributed by atoms with Crippen LogP contribution in [-0.2, 0) is 9.53 Å². The third-order valence-electron chi connectivity index (χ3n) is 4.07. The SMILES string of the molecule is CCCC1CCCC(O)(CCC(=O)OCC)CC1. The highest BCUT2D eigenvalue weighted by Crippen LogP contribution is 2.35. The molecular formula is C15H28O3. The van der Waals surface area contributed by atoms with Gasteiger partial charge in [-0.25, -0.2) is 0 Å². The molecule has 1 aliphatic carbocycles. The van der Waals surface area contributed by atoms with Crippen molar-refractivity contribution in [3.63, 3.8) is 0 Å². The van der Waals surface area contributed by atoms with Crippen LogP contribution in [0.25, 0.3) is 0 Å². The van der Waals surface area contributed by atoms with E-state index in [9.17, 15) is 9.90 Å². The highest BCUT2D eigenvalue weighted by Gasteiger charge is 2.31. The first-order chi connectivity index (χ1) is 8.59. The first-order valence-electron chi connectivity index (χ1n) is 7.47. The van der Waals surface area contributed by atoms with Crippen molar-refractivity contribution < 1.29 is 14.6 Å². The molecule has 18 heavy (non-hydrogen) atoms. The van der Waals surface area contributed by atoms with Gasteiger partial charge < -0.3 is 9.84 Å². The van der Waals surface area contributed by atoms with Gasteiger partial charge in [-0.15, -0.1) is 0 Å². The second kappa shape index (κ2) is 7.78. The second-order valence-electron chi connectivity index (χ2n) is 5.61. The predicted octanol–water partition coefficient (Wildman–Crippen LogP) is 3.44. The van der Waals surface area contributed by atoms with Crippen LogP contribution in [-0.4, -0.2) is 23.3 Å². The van der Waals surface area contributed by atoms with E-state index in [2.05, 4.69) is 6.92 Å². The largest absolute Gasteiger partial charge is 0.466 e. The minimum atomic E-state index is -0.630. The van der Waals surface area contributed by atoms with E-state index in [1.54, 1.807) is 0 Å². The zero-order valence-corrected chi connectivity index (χ0v) is 11.9. The summed E-state index contributed by atoms with van der Waals surface area (Å²) in [6.45, 7) is 4.46. The van der Waals surface area contributed by atoms with Crippen LogP contribution in [0.4, 0.5) is 0 Å². The molecule has 0 amide bonds. The van der Waals surface area contributed by atoms with Crippen LogP contribution >= 0.6 is 0 Å². The number of hydrogen-bond donors (Lipinski definition) is 1. The lowest BCUT2D eigenvalue weighted by molar-refractivity contribution is -0.144. The van der Waals surface area contributed by atoms with E-state index >= 15 is 0 Å². The normalized spacial score (nSPS) is 28.7. The molecule has 1 saturated carbocycles. The van der Waals surface area contributed by atoms with Crippen molar-refractivity contribution in [2.45, 2.75) is 77.2 Å². The van der Waals surface area contributed by atoms with Crippen molar-refractivity contribution in [3.05, 3.63) is 0 Å². The first kappa shape index (κ1) is 15.5. The Morgan fingerprint density at radius 3 is 2.78 bits per heavy atom. The molecule has 3 heteroatoms. The zero-order valence-electron chi connectivity index (χ0n) is 11.9. The zero-order chi connectivity index (χ0) is 13.4. The molecule has 0 aromatic rings. The highest BCUT2D eigenvalue weighted by molar-refractivity contribution is 5.69. The molecule has 0 aromatic carbocycles. The third-order valence-corrected chi connectivity index (χ3v) is 4.07. The third kappa shape index (κ3) is 5.38. The van der Waals surface area contributed by atoms with Gasteiger partial charge in [0, 0.05) is 6.42 Å². The maximum Gasteiger partial charge on any atom is 0.305 e. The minimum absolute atomic E-state index is 0.180. The van der Waals surface area contributed by atoms with E-state index in [4.69, 9.17) is 4.74 Å².